The van der Waals surface area contributed by atoms with Crippen LogP contribution in [0.15, 0.2) is 41.4 Å². The molecule has 4 N–H and O–H groups in total. The number of carbonyl (C=O) groups is 3. The van der Waals surface area contributed by atoms with Crippen molar-refractivity contribution in [3.8, 4) is 16.9 Å². The molecule has 1 aliphatic carbocycles. The molecule has 1 saturated carbocycles. The van der Waals surface area contributed by atoms with E-state index in [2.05, 4.69) is 57.2 Å². The van der Waals surface area contributed by atoms with E-state index in [4.69, 9.17) is 9.57 Å². The Morgan fingerprint density at radius 3 is 2.45 bits per heavy atom. The first-order valence-electron chi connectivity index (χ1n) is 19.7. The van der Waals surface area contributed by atoms with Crippen LogP contribution in [-0.4, -0.2) is 103 Å². The minimum atomic E-state index is -0.965. The first-order chi connectivity index (χ1) is 25.8. The van der Waals surface area contributed by atoms with Crippen molar-refractivity contribution in [1.82, 2.24) is 15.3 Å². The molecule has 4 rings (SSSR count). The summed E-state index contributed by atoms with van der Waals surface area (Å²) < 4.78 is 6.01. The Morgan fingerprint density at radius 1 is 1.15 bits per heavy atom. The van der Waals surface area contributed by atoms with Crippen molar-refractivity contribution in [2.45, 2.75) is 105 Å². The monoisotopic (exact) mass is 763 g/mol. The second kappa shape index (κ2) is 19.0. The minimum absolute atomic E-state index is 0.0772. The van der Waals surface area contributed by atoms with Crippen LogP contribution in [0.3, 0.4) is 0 Å². The first-order valence-corrected chi connectivity index (χ1v) is 19.7. The van der Waals surface area contributed by atoms with Gasteiger partial charge in [-0.3, -0.25) is 19.2 Å². The Morgan fingerprint density at radius 2 is 1.85 bits per heavy atom. The Labute approximate surface area is 328 Å². The van der Waals surface area contributed by atoms with Crippen LogP contribution >= 0.6 is 0 Å². The number of anilines is 1. The number of amides is 3. The predicted molar refractivity (Wildman–Crippen MR) is 217 cm³/mol. The van der Waals surface area contributed by atoms with E-state index in [0.717, 1.165) is 19.3 Å². The molecule has 8 atom stereocenters. The third kappa shape index (κ3) is 11.2. The summed E-state index contributed by atoms with van der Waals surface area (Å²) in [6, 6.07) is 9.75. The molecule has 0 spiro atoms. The van der Waals surface area contributed by atoms with Crippen LogP contribution in [0.1, 0.15) is 90.6 Å². The molecule has 2 aromatic rings. The molecular weight excluding hydrogens is 699 g/mol. The molecule has 3 amide bonds. The number of hydrogen-bond acceptors (Lipinski definition) is 9. The molecule has 1 aliphatic heterocycles. The quantitative estimate of drug-likeness (QED) is 0.165. The van der Waals surface area contributed by atoms with Gasteiger partial charge in [-0.1, -0.05) is 59.7 Å². The zero-order valence-corrected chi connectivity index (χ0v) is 34.8. The van der Waals surface area contributed by atoms with Crippen LogP contribution in [-0.2, 0) is 21.0 Å². The van der Waals surface area contributed by atoms with Gasteiger partial charge in [0.15, 0.2) is 0 Å². The number of para-hydroxylation sites is 1. The molecule has 1 heterocycles. The lowest BCUT2D eigenvalue weighted by Gasteiger charge is -2.43. The number of carbonyl (C=O) groups excluding carboxylic acids is 3. The summed E-state index contributed by atoms with van der Waals surface area (Å²) in [7, 11) is 5.49. The number of aliphatic hydroxyl groups is 2. The van der Waals surface area contributed by atoms with Crippen molar-refractivity contribution in [3.63, 3.8) is 0 Å². The molecule has 0 radical (unpaired) electrons. The number of aliphatic hydroxyl groups excluding tert-OH is 2. The summed E-state index contributed by atoms with van der Waals surface area (Å²) in [6.45, 7) is 16.6. The molecule has 0 bridgehead atoms. The summed E-state index contributed by atoms with van der Waals surface area (Å²) in [5, 5.41) is 28.7. The highest BCUT2D eigenvalue weighted by atomic mass is 16.7. The molecule has 12 nitrogen and oxygen atoms in total. The van der Waals surface area contributed by atoms with E-state index in [9.17, 15) is 24.6 Å². The van der Waals surface area contributed by atoms with E-state index in [1.807, 2.05) is 37.2 Å². The van der Waals surface area contributed by atoms with E-state index in [1.54, 1.807) is 38.4 Å². The highest BCUT2D eigenvalue weighted by molar-refractivity contribution is 5.99. The zero-order valence-electron chi connectivity index (χ0n) is 34.8. The summed E-state index contributed by atoms with van der Waals surface area (Å²) >= 11 is 0. The van der Waals surface area contributed by atoms with E-state index >= 15 is 0 Å². The van der Waals surface area contributed by atoms with Crippen molar-refractivity contribution in [2.75, 3.05) is 39.7 Å². The van der Waals surface area contributed by atoms with Crippen molar-refractivity contribution in [3.05, 3.63) is 47.5 Å². The van der Waals surface area contributed by atoms with Crippen LogP contribution in [0.2, 0.25) is 0 Å². The molecular formula is C43H65N5O7. The topological polar surface area (TPSA) is 153 Å². The molecule has 55 heavy (non-hydrogen) atoms. The van der Waals surface area contributed by atoms with E-state index in [1.165, 1.54) is 12.0 Å². The van der Waals surface area contributed by atoms with Crippen molar-refractivity contribution >= 4 is 29.6 Å². The van der Waals surface area contributed by atoms with Crippen LogP contribution < -0.4 is 15.4 Å². The number of benzene rings is 2. The average Bonchev–Trinajstić information content (AvgIpc) is 3.46. The second-order valence-corrected chi connectivity index (χ2v) is 17.3. The van der Waals surface area contributed by atoms with Gasteiger partial charge in [0.1, 0.15) is 17.9 Å². The van der Waals surface area contributed by atoms with Gasteiger partial charge in [0, 0.05) is 54.0 Å². The van der Waals surface area contributed by atoms with Gasteiger partial charge < -0.3 is 30.5 Å². The number of aliphatic imine (C=N–C) groups is 1. The highest BCUT2D eigenvalue weighted by Crippen LogP contribution is 2.45. The molecule has 2 fully saturated rings. The Balaban J connectivity index is 1.70. The SMILES string of the molecule is COc1c(CN2O[C@@H](CO)C([C@H](C)O)[C@H]2C(=O)N=CC2C[C@@H](C)C(C)(C)C[C@@H]2C)cccc1-c1cc(NC(C)=O)cc(C(=O)N[C@@H](CC(C)C)CN(C)C)c1. The fraction of sp³-hybridized carbons (Fsp3) is 0.628. The van der Waals surface area contributed by atoms with Gasteiger partial charge in [-0.25, -0.2) is 4.99 Å². The number of methoxy groups -OCH3 is 1. The summed E-state index contributed by atoms with van der Waals surface area (Å²) in [5.74, 6) is 0.125. The number of nitrogens with zero attached hydrogens (tertiary/aromatic N) is 3. The predicted octanol–water partition coefficient (Wildman–Crippen LogP) is 5.81. The van der Waals surface area contributed by atoms with Gasteiger partial charge in [-0.2, -0.15) is 5.06 Å². The lowest BCUT2D eigenvalue weighted by molar-refractivity contribution is -0.180. The molecule has 2 aliphatic rings. The van der Waals surface area contributed by atoms with Crippen LogP contribution in [0.25, 0.3) is 11.1 Å². The van der Waals surface area contributed by atoms with Gasteiger partial charge in [0.2, 0.25) is 5.91 Å². The number of likely N-dealkylation sites (N-methyl/N-ethyl adjacent to an activating group) is 1. The van der Waals surface area contributed by atoms with Crippen molar-refractivity contribution in [1.29, 1.82) is 0 Å². The number of ether oxygens (including phenoxy) is 1. The Kier molecular flexibility index (Phi) is 15.2. The summed E-state index contributed by atoms with van der Waals surface area (Å²) in [5.41, 5.74) is 3.01. The normalized spacial score (nSPS) is 25.3. The number of nitrogens with one attached hydrogen (secondary N) is 2. The number of hydroxylamine groups is 2. The maximum absolute atomic E-state index is 14.0. The van der Waals surface area contributed by atoms with Gasteiger partial charge in [-0.15, -0.1) is 0 Å². The van der Waals surface area contributed by atoms with Gasteiger partial charge in [0.25, 0.3) is 11.8 Å². The lowest BCUT2D eigenvalue weighted by Crippen LogP contribution is -2.43. The highest BCUT2D eigenvalue weighted by Gasteiger charge is 2.49. The van der Waals surface area contributed by atoms with Crippen LogP contribution in [0, 0.1) is 35.0 Å². The molecule has 2 unspecified atom stereocenters. The van der Waals surface area contributed by atoms with E-state index < -0.39 is 36.7 Å². The molecule has 1 saturated heterocycles. The standard InChI is InChI=1S/C43H65N5O7/c1-25(2)15-35(23-47(9)10)46-41(52)32-17-31(18-34(19-32)45-29(6)51)36-14-12-13-30(40(36)54-11)22-48-39(38(28(5)50)37(24-49)55-48)42(53)44-21-33-16-27(4)43(7,8)20-26(33)3/h12-14,17-19,21,25-28,33,35,37-39,49-50H,15-16,20,22-24H2,1-11H3,(H,45,51)(H,46,52)/t26-,27+,28-,33?,35-,37-,38?,39-/m0/s1. The maximum Gasteiger partial charge on any atom is 0.265 e. The summed E-state index contributed by atoms with van der Waals surface area (Å²) in [6.07, 6.45) is 2.76. The Bertz CT molecular complexity index is 1660. The first kappa shape index (κ1) is 44.0. The van der Waals surface area contributed by atoms with Crippen LogP contribution in [0.5, 0.6) is 5.75 Å². The molecule has 2 aromatic carbocycles. The third-order valence-corrected chi connectivity index (χ3v) is 11.4. The van der Waals surface area contributed by atoms with Crippen molar-refractivity contribution < 1.29 is 34.2 Å². The Hall–Kier alpha value is -3.68. The number of rotatable bonds is 15. The molecule has 0 aromatic heterocycles. The zero-order chi connectivity index (χ0) is 40.8. The minimum Gasteiger partial charge on any atom is -0.496 e. The third-order valence-electron chi connectivity index (χ3n) is 11.4. The van der Waals surface area contributed by atoms with E-state index in [-0.39, 0.29) is 35.7 Å². The number of hydrogen-bond donors (Lipinski definition) is 4. The summed E-state index contributed by atoms with van der Waals surface area (Å²) in [4.78, 5) is 52.7. The van der Waals surface area contributed by atoms with Gasteiger partial charge >= 0.3 is 0 Å². The maximum atomic E-state index is 14.0. The fourth-order valence-corrected chi connectivity index (χ4v) is 8.45. The molecule has 12 heteroatoms. The largest absolute Gasteiger partial charge is 0.496 e. The van der Waals surface area contributed by atoms with Gasteiger partial charge in [0.05, 0.1) is 26.4 Å². The molecule has 304 valence electrons. The smallest absolute Gasteiger partial charge is 0.265 e. The lowest BCUT2D eigenvalue weighted by atomic mass is 9.62. The fourth-order valence-electron chi connectivity index (χ4n) is 8.45. The average molecular weight is 764 g/mol. The van der Waals surface area contributed by atoms with Crippen LogP contribution in [0.4, 0.5) is 5.69 Å². The van der Waals surface area contributed by atoms with Gasteiger partial charge in [-0.05, 0) is 93.1 Å². The van der Waals surface area contributed by atoms with Crippen molar-refractivity contribution in [2.24, 2.45) is 40.0 Å². The second-order valence-electron chi connectivity index (χ2n) is 17.3. The van der Waals surface area contributed by atoms with E-state index in [0.29, 0.717) is 58.0 Å².